The van der Waals surface area contributed by atoms with Crippen molar-refractivity contribution in [3.8, 4) is 11.5 Å². The maximum atomic E-state index is 10.5. The summed E-state index contributed by atoms with van der Waals surface area (Å²) in [5.74, 6) is 0.780. The number of carbonyl (C=O) groups excluding carboxylic acids is 1. The molecular formula is C11H13NO3. The average molecular weight is 207 g/mol. The van der Waals surface area contributed by atoms with Gasteiger partial charge in [0.25, 0.3) is 0 Å². The van der Waals surface area contributed by atoms with Gasteiger partial charge in [0.15, 0.2) is 11.5 Å². The Kier molecular flexibility index (Phi) is 3.74. The summed E-state index contributed by atoms with van der Waals surface area (Å²) in [6.45, 7) is 0. The molecule has 1 amide bonds. The van der Waals surface area contributed by atoms with Gasteiger partial charge in [-0.05, 0) is 23.8 Å². The van der Waals surface area contributed by atoms with Gasteiger partial charge in [-0.2, -0.15) is 0 Å². The first kappa shape index (κ1) is 11.1. The molecule has 4 nitrogen and oxygen atoms in total. The number of hydrogen-bond donors (Lipinski definition) is 1. The molecule has 4 heteroatoms. The van der Waals surface area contributed by atoms with E-state index < -0.39 is 5.91 Å². The highest BCUT2D eigenvalue weighted by atomic mass is 16.5. The Hall–Kier alpha value is -1.97. The summed E-state index contributed by atoms with van der Waals surface area (Å²) >= 11 is 0. The Morgan fingerprint density at radius 3 is 2.47 bits per heavy atom. The Labute approximate surface area is 88.3 Å². The molecule has 2 N–H and O–H groups in total. The highest BCUT2D eigenvalue weighted by Gasteiger charge is 2.02. The van der Waals surface area contributed by atoms with Crippen LogP contribution in [0.15, 0.2) is 24.3 Å². The third-order valence-corrected chi connectivity index (χ3v) is 1.85. The average Bonchev–Trinajstić information content (AvgIpc) is 2.25. The van der Waals surface area contributed by atoms with Crippen LogP contribution in [0.5, 0.6) is 11.5 Å². The Morgan fingerprint density at radius 2 is 1.93 bits per heavy atom. The summed E-state index contributed by atoms with van der Waals surface area (Å²) in [6, 6.07) is 5.33. The van der Waals surface area contributed by atoms with E-state index in [4.69, 9.17) is 15.2 Å². The SMILES string of the molecule is COc1ccc(/C=C/C(N)=O)cc1OC. The van der Waals surface area contributed by atoms with E-state index in [-0.39, 0.29) is 0 Å². The Bertz CT molecular complexity index is 385. The predicted octanol–water partition coefficient (Wildman–Crippen LogP) is 1.20. The van der Waals surface area contributed by atoms with Gasteiger partial charge in [-0.1, -0.05) is 6.07 Å². The van der Waals surface area contributed by atoms with Gasteiger partial charge in [0.2, 0.25) is 5.91 Å². The van der Waals surface area contributed by atoms with Gasteiger partial charge in [-0.25, -0.2) is 0 Å². The van der Waals surface area contributed by atoms with Crippen LogP contribution in [0.2, 0.25) is 0 Å². The topological polar surface area (TPSA) is 61.5 Å². The van der Waals surface area contributed by atoms with Crippen LogP contribution in [0, 0.1) is 0 Å². The zero-order valence-electron chi connectivity index (χ0n) is 8.69. The van der Waals surface area contributed by atoms with Gasteiger partial charge in [-0.3, -0.25) is 4.79 Å². The zero-order valence-corrected chi connectivity index (χ0v) is 8.69. The molecule has 0 aliphatic rings. The molecule has 0 spiro atoms. The Balaban J connectivity index is 2.97. The monoisotopic (exact) mass is 207 g/mol. The van der Waals surface area contributed by atoms with Crippen molar-refractivity contribution < 1.29 is 14.3 Å². The quantitative estimate of drug-likeness (QED) is 0.754. The van der Waals surface area contributed by atoms with E-state index in [1.54, 1.807) is 38.5 Å². The number of benzene rings is 1. The number of methoxy groups -OCH3 is 2. The third kappa shape index (κ3) is 3.02. The summed E-state index contributed by atoms with van der Waals surface area (Å²) in [5.41, 5.74) is 5.81. The van der Waals surface area contributed by atoms with Crippen LogP contribution in [0.4, 0.5) is 0 Å². The molecule has 0 bridgehead atoms. The van der Waals surface area contributed by atoms with Gasteiger partial charge < -0.3 is 15.2 Å². The minimum absolute atomic E-state index is 0.482. The smallest absolute Gasteiger partial charge is 0.241 e. The number of rotatable bonds is 4. The van der Waals surface area contributed by atoms with E-state index in [0.717, 1.165) is 5.56 Å². The summed E-state index contributed by atoms with van der Waals surface area (Å²) in [6.07, 6.45) is 2.91. The van der Waals surface area contributed by atoms with Crippen molar-refractivity contribution in [1.82, 2.24) is 0 Å². The summed E-state index contributed by atoms with van der Waals surface area (Å²) in [5, 5.41) is 0. The molecule has 0 radical (unpaired) electrons. The zero-order chi connectivity index (χ0) is 11.3. The van der Waals surface area contributed by atoms with Crippen molar-refractivity contribution in [2.75, 3.05) is 14.2 Å². The number of hydrogen-bond acceptors (Lipinski definition) is 3. The lowest BCUT2D eigenvalue weighted by molar-refractivity contribution is -0.113. The second-order valence-corrected chi connectivity index (χ2v) is 2.85. The molecule has 0 unspecified atom stereocenters. The van der Waals surface area contributed by atoms with Crippen LogP contribution in [0.25, 0.3) is 6.08 Å². The van der Waals surface area contributed by atoms with Gasteiger partial charge in [0, 0.05) is 6.08 Å². The number of amides is 1. The van der Waals surface area contributed by atoms with Gasteiger partial charge in [0.1, 0.15) is 0 Å². The fourth-order valence-electron chi connectivity index (χ4n) is 1.13. The maximum absolute atomic E-state index is 10.5. The van der Waals surface area contributed by atoms with Crippen molar-refractivity contribution >= 4 is 12.0 Å². The highest BCUT2D eigenvalue weighted by molar-refractivity contribution is 5.90. The molecule has 0 aromatic heterocycles. The summed E-state index contributed by atoms with van der Waals surface area (Å²) in [4.78, 5) is 10.5. The van der Waals surface area contributed by atoms with Crippen LogP contribution >= 0.6 is 0 Å². The number of nitrogens with two attached hydrogens (primary N) is 1. The van der Waals surface area contributed by atoms with Gasteiger partial charge in [0.05, 0.1) is 14.2 Å². The highest BCUT2D eigenvalue weighted by Crippen LogP contribution is 2.27. The molecule has 15 heavy (non-hydrogen) atoms. The van der Waals surface area contributed by atoms with Crippen molar-refractivity contribution in [1.29, 1.82) is 0 Å². The summed E-state index contributed by atoms with van der Waals surface area (Å²) < 4.78 is 10.2. The van der Waals surface area contributed by atoms with Crippen molar-refractivity contribution in [2.45, 2.75) is 0 Å². The molecule has 1 rings (SSSR count). The normalized spacial score (nSPS) is 10.3. The van der Waals surface area contributed by atoms with Crippen LogP contribution in [0.1, 0.15) is 5.56 Å². The first-order chi connectivity index (χ1) is 7.17. The molecule has 0 aliphatic carbocycles. The lowest BCUT2D eigenvalue weighted by Crippen LogP contribution is -2.05. The van der Waals surface area contributed by atoms with Gasteiger partial charge in [-0.15, -0.1) is 0 Å². The Morgan fingerprint density at radius 1 is 1.27 bits per heavy atom. The molecule has 1 aromatic rings. The molecule has 0 fully saturated rings. The van der Waals surface area contributed by atoms with Crippen LogP contribution < -0.4 is 15.2 Å². The van der Waals surface area contributed by atoms with Crippen LogP contribution in [-0.4, -0.2) is 20.1 Å². The maximum Gasteiger partial charge on any atom is 0.241 e. The van der Waals surface area contributed by atoms with E-state index in [2.05, 4.69) is 0 Å². The van der Waals surface area contributed by atoms with E-state index in [0.29, 0.717) is 11.5 Å². The molecule has 0 heterocycles. The van der Waals surface area contributed by atoms with E-state index >= 15 is 0 Å². The largest absolute Gasteiger partial charge is 0.493 e. The number of carbonyl (C=O) groups is 1. The fourth-order valence-corrected chi connectivity index (χ4v) is 1.13. The molecule has 1 aromatic carbocycles. The standard InChI is InChI=1S/C11H13NO3/c1-14-9-5-3-8(4-6-11(12)13)7-10(9)15-2/h3-7H,1-2H3,(H2,12,13)/b6-4+. The van der Waals surface area contributed by atoms with Crippen molar-refractivity contribution in [3.05, 3.63) is 29.8 Å². The molecule has 0 saturated heterocycles. The minimum Gasteiger partial charge on any atom is -0.493 e. The second-order valence-electron chi connectivity index (χ2n) is 2.85. The first-order valence-electron chi connectivity index (χ1n) is 4.37. The fraction of sp³-hybridized carbons (Fsp3) is 0.182. The van der Waals surface area contributed by atoms with Crippen molar-refractivity contribution in [3.63, 3.8) is 0 Å². The molecule has 0 atom stereocenters. The number of primary amides is 1. The number of ether oxygens (including phenoxy) is 2. The van der Waals surface area contributed by atoms with Crippen LogP contribution in [0.3, 0.4) is 0 Å². The second kappa shape index (κ2) is 5.05. The lowest BCUT2D eigenvalue weighted by Gasteiger charge is -2.07. The van der Waals surface area contributed by atoms with E-state index in [9.17, 15) is 4.79 Å². The lowest BCUT2D eigenvalue weighted by atomic mass is 10.2. The third-order valence-electron chi connectivity index (χ3n) is 1.85. The first-order valence-corrected chi connectivity index (χ1v) is 4.37. The molecule has 0 aliphatic heterocycles. The predicted molar refractivity (Wildman–Crippen MR) is 57.8 cm³/mol. The summed E-state index contributed by atoms with van der Waals surface area (Å²) in [7, 11) is 3.12. The van der Waals surface area contributed by atoms with E-state index in [1.807, 2.05) is 0 Å². The molecule has 0 saturated carbocycles. The van der Waals surface area contributed by atoms with Crippen molar-refractivity contribution in [2.24, 2.45) is 5.73 Å². The minimum atomic E-state index is -0.482. The molecule has 80 valence electrons. The molecular weight excluding hydrogens is 194 g/mol. The van der Waals surface area contributed by atoms with Crippen LogP contribution in [-0.2, 0) is 4.79 Å². The van der Waals surface area contributed by atoms with Gasteiger partial charge >= 0.3 is 0 Å². The van der Waals surface area contributed by atoms with E-state index in [1.165, 1.54) is 6.08 Å².